The highest BCUT2D eigenvalue weighted by molar-refractivity contribution is 7.18. The highest BCUT2D eigenvalue weighted by atomic mass is 35.5. The topological polar surface area (TPSA) is 23.8 Å². The molecular formula is C10H6ClNS. The van der Waals surface area contributed by atoms with Gasteiger partial charge in [-0.2, -0.15) is 5.26 Å². The van der Waals surface area contributed by atoms with E-state index in [1.165, 1.54) is 11.3 Å². The van der Waals surface area contributed by atoms with Crippen LogP contribution in [-0.4, -0.2) is 0 Å². The number of rotatable bonds is 0. The largest absolute Gasteiger partial charge is 0.192 e. The molecule has 1 aromatic heterocycles. The fraction of sp³-hybridized carbons (Fsp3) is 0.100. The molecule has 2 aromatic rings. The summed E-state index contributed by atoms with van der Waals surface area (Å²) in [7, 11) is 0. The third-order valence-corrected chi connectivity index (χ3v) is 3.45. The van der Waals surface area contributed by atoms with E-state index in [0.717, 1.165) is 20.7 Å². The number of nitrogens with zero attached hydrogens (tertiary/aromatic N) is 1. The van der Waals surface area contributed by atoms with Crippen molar-refractivity contribution < 1.29 is 0 Å². The molecule has 0 radical (unpaired) electrons. The first-order valence-corrected chi connectivity index (χ1v) is 5.06. The predicted molar refractivity (Wildman–Crippen MR) is 56.3 cm³/mol. The van der Waals surface area contributed by atoms with Gasteiger partial charge in [0.1, 0.15) is 6.07 Å². The molecule has 0 saturated heterocycles. The Bertz CT molecular complexity index is 507. The van der Waals surface area contributed by atoms with Crippen molar-refractivity contribution in [3.8, 4) is 6.07 Å². The fourth-order valence-corrected chi connectivity index (χ4v) is 2.76. The molecule has 3 heteroatoms. The molecule has 0 fully saturated rings. The van der Waals surface area contributed by atoms with Gasteiger partial charge in [0, 0.05) is 10.8 Å². The molecule has 0 N–H and O–H groups in total. The van der Waals surface area contributed by atoms with Crippen molar-refractivity contribution in [2.75, 3.05) is 0 Å². The summed E-state index contributed by atoms with van der Waals surface area (Å²) in [5.41, 5.74) is 1.83. The fourth-order valence-electron chi connectivity index (χ4n) is 1.36. The van der Waals surface area contributed by atoms with E-state index in [1.54, 1.807) is 0 Å². The van der Waals surface area contributed by atoms with Crippen LogP contribution in [-0.2, 0) is 0 Å². The van der Waals surface area contributed by atoms with Crippen LogP contribution in [0, 0.1) is 18.3 Å². The first-order chi connectivity index (χ1) is 6.24. The predicted octanol–water partition coefficient (Wildman–Crippen LogP) is 3.73. The van der Waals surface area contributed by atoms with Gasteiger partial charge in [0.05, 0.1) is 15.3 Å². The van der Waals surface area contributed by atoms with Crippen molar-refractivity contribution in [3.63, 3.8) is 0 Å². The van der Waals surface area contributed by atoms with Crippen LogP contribution in [0.25, 0.3) is 10.1 Å². The molecule has 0 saturated carbocycles. The number of hydrogen-bond donors (Lipinski definition) is 0. The molecule has 0 aliphatic heterocycles. The molecule has 0 atom stereocenters. The Balaban J connectivity index is 2.97. The quantitative estimate of drug-likeness (QED) is 0.646. The van der Waals surface area contributed by atoms with Crippen LogP contribution in [0.1, 0.15) is 11.1 Å². The molecule has 13 heavy (non-hydrogen) atoms. The Morgan fingerprint density at radius 3 is 2.92 bits per heavy atom. The molecular weight excluding hydrogens is 202 g/mol. The first-order valence-electron chi connectivity index (χ1n) is 3.80. The van der Waals surface area contributed by atoms with Gasteiger partial charge >= 0.3 is 0 Å². The van der Waals surface area contributed by atoms with Gasteiger partial charge in [-0.1, -0.05) is 17.7 Å². The zero-order valence-electron chi connectivity index (χ0n) is 6.97. The van der Waals surface area contributed by atoms with Crippen LogP contribution >= 0.6 is 22.9 Å². The Morgan fingerprint density at radius 1 is 1.46 bits per heavy atom. The van der Waals surface area contributed by atoms with Gasteiger partial charge in [0.25, 0.3) is 0 Å². The second-order valence-corrected chi connectivity index (χ2v) is 4.12. The molecule has 0 unspecified atom stereocenters. The van der Waals surface area contributed by atoms with Gasteiger partial charge in [-0.15, -0.1) is 11.3 Å². The molecule has 1 heterocycles. The summed E-state index contributed by atoms with van der Waals surface area (Å²) in [6.45, 7) is 2.00. The minimum Gasteiger partial charge on any atom is -0.192 e. The molecule has 64 valence electrons. The summed E-state index contributed by atoms with van der Waals surface area (Å²) in [5, 5.41) is 12.5. The molecule has 0 amide bonds. The number of hydrogen-bond acceptors (Lipinski definition) is 2. The van der Waals surface area contributed by atoms with Crippen molar-refractivity contribution in [2.24, 2.45) is 0 Å². The standard InChI is InChI=1S/C10H6ClNS/c1-6-2-3-7(4-12)10-9(6)8(11)5-13-10/h2-3,5H,1H3. The summed E-state index contributed by atoms with van der Waals surface area (Å²) in [4.78, 5) is 0. The Labute approximate surface area is 85.2 Å². The minimum atomic E-state index is 0.706. The minimum absolute atomic E-state index is 0.706. The van der Waals surface area contributed by atoms with E-state index in [0.29, 0.717) is 5.56 Å². The van der Waals surface area contributed by atoms with Gasteiger partial charge in [0.2, 0.25) is 0 Å². The van der Waals surface area contributed by atoms with Gasteiger partial charge in [0.15, 0.2) is 0 Å². The third-order valence-electron chi connectivity index (χ3n) is 2.01. The van der Waals surface area contributed by atoms with Crippen molar-refractivity contribution in [3.05, 3.63) is 33.7 Å². The second-order valence-electron chi connectivity index (χ2n) is 2.83. The van der Waals surface area contributed by atoms with E-state index in [-0.39, 0.29) is 0 Å². The van der Waals surface area contributed by atoms with E-state index in [2.05, 4.69) is 6.07 Å². The monoisotopic (exact) mass is 207 g/mol. The lowest BCUT2D eigenvalue weighted by Crippen LogP contribution is -1.78. The second kappa shape index (κ2) is 3.02. The maximum Gasteiger partial charge on any atom is 0.101 e. The number of aryl methyl sites for hydroxylation is 1. The number of nitriles is 1. The maximum absolute atomic E-state index is 8.85. The van der Waals surface area contributed by atoms with E-state index in [1.807, 2.05) is 24.4 Å². The number of thiophene rings is 1. The lowest BCUT2D eigenvalue weighted by molar-refractivity contribution is 1.49. The zero-order chi connectivity index (χ0) is 9.42. The summed E-state index contributed by atoms with van der Waals surface area (Å²) in [6, 6.07) is 5.93. The van der Waals surface area contributed by atoms with E-state index >= 15 is 0 Å². The summed E-state index contributed by atoms with van der Waals surface area (Å²) in [6.07, 6.45) is 0. The van der Waals surface area contributed by atoms with E-state index in [4.69, 9.17) is 16.9 Å². The Kier molecular flexibility index (Phi) is 1.99. The van der Waals surface area contributed by atoms with Crippen molar-refractivity contribution >= 4 is 33.0 Å². The van der Waals surface area contributed by atoms with Crippen LogP contribution in [0.5, 0.6) is 0 Å². The normalized spacial score (nSPS) is 10.2. The molecule has 0 bridgehead atoms. The lowest BCUT2D eigenvalue weighted by Gasteiger charge is -1.97. The SMILES string of the molecule is Cc1ccc(C#N)c2scc(Cl)c12. The van der Waals surface area contributed by atoms with Crippen LogP contribution in [0.3, 0.4) is 0 Å². The van der Waals surface area contributed by atoms with Gasteiger partial charge in [-0.05, 0) is 18.6 Å². The van der Waals surface area contributed by atoms with Crippen molar-refractivity contribution in [1.82, 2.24) is 0 Å². The first kappa shape index (κ1) is 8.55. The third kappa shape index (κ3) is 1.21. The van der Waals surface area contributed by atoms with E-state index in [9.17, 15) is 0 Å². The molecule has 1 nitrogen and oxygen atoms in total. The van der Waals surface area contributed by atoms with Gasteiger partial charge < -0.3 is 0 Å². The number of halogens is 1. The van der Waals surface area contributed by atoms with Crippen molar-refractivity contribution in [1.29, 1.82) is 5.26 Å². The highest BCUT2D eigenvalue weighted by Crippen LogP contribution is 2.34. The maximum atomic E-state index is 8.85. The Morgan fingerprint density at radius 2 is 2.23 bits per heavy atom. The average molecular weight is 208 g/mol. The lowest BCUT2D eigenvalue weighted by atomic mass is 10.1. The van der Waals surface area contributed by atoms with Crippen molar-refractivity contribution in [2.45, 2.75) is 6.92 Å². The zero-order valence-corrected chi connectivity index (χ0v) is 8.54. The summed E-state index contributed by atoms with van der Waals surface area (Å²) in [5.74, 6) is 0. The Hall–Kier alpha value is -1.04. The number of fused-ring (bicyclic) bond motifs is 1. The van der Waals surface area contributed by atoms with Gasteiger partial charge in [-0.25, -0.2) is 0 Å². The molecule has 0 aliphatic carbocycles. The van der Waals surface area contributed by atoms with Crippen LogP contribution in [0.15, 0.2) is 17.5 Å². The molecule has 0 spiro atoms. The molecule has 0 aliphatic rings. The highest BCUT2D eigenvalue weighted by Gasteiger charge is 2.08. The average Bonchev–Trinajstić information content (AvgIpc) is 2.50. The van der Waals surface area contributed by atoms with Crippen LogP contribution in [0.2, 0.25) is 5.02 Å². The molecule has 2 rings (SSSR count). The smallest absolute Gasteiger partial charge is 0.101 e. The number of benzene rings is 1. The summed E-state index contributed by atoms with van der Waals surface area (Å²) < 4.78 is 0.993. The molecule has 1 aromatic carbocycles. The summed E-state index contributed by atoms with van der Waals surface area (Å²) >= 11 is 7.53. The van der Waals surface area contributed by atoms with Crippen LogP contribution < -0.4 is 0 Å². The van der Waals surface area contributed by atoms with Gasteiger partial charge in [-0.3, -0.25) is 0 Å². The van der Waals surface area contributed by atoms with Crippen LogP contribution in [0.4, 0.5) is 0 Å². The van der Waals surface area contributed by atoms with E-state index < -0.39 is 0 Å².